The third-order valence-electron chi connectivity index (χ3n) is 7.04. The van der Waals surface area contributed by atoms with Crippen LogP contribution in [-0.2, 0) is 0 Å². The summed E-state index contributed by atoms with van der Waals surface area (Å²) in [6, 6.07) is 16.1. The van der Waals surface area contributed by atoms with Crippen LogP contribution in [0.15, 0.2) is 64.3 Å². The number of allylic oxidation sites excluding steroid dienone is 1. The lowest BCUT2D eigenvalue weighted by molar-refractivity contribution is 0.0705. The normalized spacial score (nSPS) is 26.9. The van der Waals surface area contributed by atoms with Crippen LogP contribution in [0, 0.1) is 23.7 Å². The molecule has 0 aromatic heterocycles. The van der Waals surface area contributed by atoms with Gasteiger partial charge in [-0.1, -0.05) is 42.0 Å². The first kappa shape index (κ1) is 18.9. The van der Waals surface area contributed by atoms with Crippen molar-refractivity contribution >= 4 is 17.7 Å². The van der Waals surface area contributed by atoms with Crippen LogP contribution < -0.4 is 11.5 Å². The highest BCUT2D eigenvalue weighted by Crippen LogP contribution is 2.58. The largest absolute Gasteiger partial charge is 0.508 e. The van der Waals surface area contributed by atoms with Crippen molar-refractivity contribution in [1.29, 1.82) is 0 Å². The average molecular weight is 401 g/mol. The standard InChI is InChI=1S/C25H28N4O/c26-25(27)29-28-14-15-1-3-18(4-2-15)23(19-5-7-22(30)8-6-19)24-20-10-16-9-17(12-20)13-21(24)11-16/h1-8,14,16-17,20-21,30H,9-13H2,(H4,26,27,29)/b24-23?,28-14+. The van der Waals surface area contributed by atoms with E-state index in [1.165, 1.54) is 48.8 Å². The SMILES string of the molecule is NC(N)=N/N=C/c1ccc(C(=C2C3CC4CC(C3)CC2C4)c2ccc(O)cc2)cc1. The lowest BCUT2D eigenvalue weighted by Crippen LogP contribution is -2.40. The molecule has 2 aromatic rings. The molecule has 4 bridgehead atoms. The Morgan fingerprint density at radius 2 is 1.33 bits per heavy atom. The van der Waals surface area contributed by atoms with E-state index in [0.29, 0.717) is 17.6 Å². The molecule has 154 valence electrons. The van der Waals surface area contributed by atoms with Crippen molar-refractivity contribution in [3.8, 4) is 5.75 Å². The Morgan fingerprint density at radius 1 is 0.800 bits per heavy atom. The molecular formula is C25H28N4O. The molecule has 4 aliphatic rings. The third kappa shape index (κ3) is 3.60. The van der Waals surface area contributed by atoms with E-state index in [0.717, 1.165) is 17.4 Å². The molecule has 4 saturated carbocycles. The minimum Gasteiger partial charge on any atom is -0.508 e. The number of rotatable bonds is 4. The highest BCUT2D eigenvalue weighted by molar-refractivity contribution is 5.86. The predicted molar refractivity (Wildman–Crippen MR) is 121 cm³/mol. The van der Waals surface area contributed by atoms with E-state index in [1.54, 1.807) is 23.9 Å². The molecule has 0 heterocycles. The summed E-state index contributed by atoms with van der Waals surface area (Å²) in [5.74, 6) is 3.50. The molecule has 0 saturated heterocycles. The van der Waals surface area contributed by atoms with Gasteiger partial charge >= 0.3 is 0 Å². The fourth-order valence-corrected chi connectivity index (χ4v) is 6.13. The summed E-state index contributed by atoms with van der Waals surface area (Å²) in [7, 11) is 0. The van der Waals surface area contributed by atoms with E-state index in [2.05, 4.69) is 46.6 Å². The molecule has 0 radical (unpaired) electrons. The molecule has 0 amide bonds. The van der Waals surface area contributed by atoms with Crippen LogP contribution in [0.2, 0.25) is 0 Å². The van der Waals surface area contributed by atoms with Gasteiger partial charge in [-0.15, -0.1) is 5.10 Å². The lowest BCUT2D eigenvalue weighted by atomic mass is 9.53. The molecule has 5 N–H and O–H groups in total. The summed E-state index contributed by atoms with van der Waals surface area (Å²) in [5, 5.41) is 17.4. The zero-order valence-electron chi connectivity index (χ0n) is 17.0. The van der Waals surface area contributed by atoms with Gasteiger partial charge in [0.05, 0.1) is 6.21 Å². The Balaban J connectivity index is 1.57. The number of hydrogen-bond donors (Lipinski definition) is 3. The number of benzene rings is 2. The van der Waals surface area contributed by atoms with Crippen molar-refractivity contribution in [1.82, 2.24) is 0 Å². The molecule has 4 aliphatic carbocycles. The maximum absolute atomic E-state index is 9.82. The molecule has 0 unspecified atom stereocenters. The molecule has 0 atom stereocenters. The van der Waals surface area contributed by atoms with Crippen molar-refractivity contribution in [2.75, 3.05) is 0 Å². The fraction of sp³-hybridized carbons (Fsp3) is 0.360. The number of aromatic hydroxyl groups is 1. The van der Waals surface area contributed by atoms with Gasteiger partial charge in [0, 0.05) is 0 Å². The Hall–Kier alpha value is -3.08. The van der Waals surface area contributed by atoms with Crippen LogP contribution in [0.5, 0.6) is 5.75 Å². The summed E-state index contributed by atoms with van der Waals surface area (Å²) in [6.45, 7) is 0. The first-order valence-electron chi connectivity index (χ1n) is 10.8. The Kier molecular flexibility index (Phi) is 4.81. The average Bonchev–Trinajstić information content (AvgIpc) is 2.72. The van der Waals surface area contributed by atoms with Crippen molar-refractivity contribution in [3.63, 3.8) is 0 Å². The first-order chi connectivity index (χ1) is 14.6. The van der Waals surface area contributed by atoms with Gasteiger partial charge in [-0.2, -0.15) is 5.10 Å². The molecule has 5 heteroatoms. The third-order valence-corrected chi connectivity index (χ3v) is 7.04. The van der Waals surface area contributed by atoms with Crippen LogP contribution >= 0.6 is 0 Å². The Labute approximate surface area is 177 Å². The Bertz CT molecular complexity index is 984. The molecule has 30 heavy (non-hydrogen) atoms. The quantitative estimate of drug-likeness (QED) is 0.406. The van der Waals surface area contributed by atoms with Gasteiger partial charge in [0.15, 0.2) is 0 Å². The molecule has 2 aromatic carbocycles. The van der Waals surface area contributed by atoms with Crippen LogP contribution in [0.1, 0.15) is 48.8 Å². The lowest BCUT2D eigenvalue weighted by Gasteiger charge is -2.52. The van der Waals surface area contributed by atoms with Gasteiger partial charge in [-0.3, -0.25) is 0 Å². The van der Waals surface area contributed by atoms with E-state index in [-0.39, 0.29) is 5.96 Å². The highest BCUT2D eigenvalue weighted by Gasteiger charge is 2.46. The van der Waals surface area contributed by atoms with Crippen molar-refractivity contribution < 1.29 is 5.11 Å². The predicted octanol–water partition coefficient (Wildman–Crippen LogP) is 4.26. The maximum atomic E-state index is 9.82. The molecule has 4 fully saturated rings. The van der Waals surface area contributed by atoms with Gasteiger partial charge in [0.2, 0.25) is 5.96 Å². The van der Waals surface area contributed by atoms with Gasteiger partial charge in [0.1, 0.15) is 5.75 Å². The van der Waals surface area contributed by atoms with E-state index >= 15 is 0 Å². The van der Waals surface area contributed by atoms with E-state index < -0.39 is 0 Å². The maximum Gasteiger partial charge on any atom is 0.211 e. The summed E-state index contributed by atoms with van der Waals surface area (Å²) in [4.78, 5) is 0. The fourth-order valence-electron chi connectivity index (χ4n) is 6.13. The summed E-state index contributed by atoms with van der Waals surface area (Å²) >= 11 is 0. The van der Waals surface area contributed by atoms with Crippen LogP contribution in [0.25, 0.3) is 5.57 Å². The second kappa shape index (κ2) is 7.63. The van der Waals surface area contributed by atoms with Crippen molar-refractivity contribution in [3.05, 3.63) is 70.8 Å². The molecule has 6 rings (SSSR count). The summed E-state index contributed by atoms with van der Waals surface area (Å²) < 4.78 is 0. The monoisotopic (exact) mass is 400 g/mol. The summed E-state index contributed by atoms with van der Waals surface area (Å²) in [6.07, 6.45) is 8.46. The molecular weight excluding hydrogens is 372 g/mol. The van der Waals surface area contributed by atoms with Crippen molar-refractivity contribution in [2.45, 2.75) is 32.1 Å². The molecule has 0 aliphatic heterocycles. The highest BCUT2D eigenvalue weighted by atomic mass is 16.3. The molecule has 5 nitrogen and oxygen atoms in total. The Morgan fingerprint density at radius 3 is 1.87 bits per heavy atom. The number of phenols is 1. The topological polar surface area (TPSA) is 97.0 Å². The zero-order chi connectivity index (χ0) is 20.7. The summed E-state index contributed by atoms with van der Waals surface area (Å²) in [5.41, 5.74) is 17.0. The number of nitrogens with zero attached hydrogens (tertiary/aromatic N) is 2. The van der Waals surface area contributed by atoms with Crippen molar-refractivity contribution in [2.24, 2.45) is 45.3 Å². The van der Waals surface area contributed by atoms with Gasteiger partial charge in [0.25, 0.3) is 0 Å². The van der Waals surface area contributed by atoms with E-state index in [4.69, 9.17) is 11.5 Å². The van der Waals surface area contributed by atoms with E-state index in [1.807, 2.05) is 0 Å². The van der Waals surface area contributed by atoms with Gasteiger partial charge in [-0.05, 0) is 90.2 Å². The van der Waals surface area contributed by atoms with Gasteiger partial charge < -0.3 is 16.6 Å². The van der Waals surface area contributed by atoms with Crippen LogP contribution in [0.4, 0.5) is 0 Å². The molecule has 0 spiro atoms. The van der Waals surface area contributed by atoms with E-state index in [9.17, 15) is 5.11 Å². The second-order valence-electron chi connectivity index (χ2n) is 9.07. The van der Waals surface area contributed by atoms with Gasteiger partial charge in [-0.25, -0.2) is 0 Å². The minimum absolute atomic E-state index is 0.0518. The smallest absolute Gasteiger partial charge is 0.211 e. The number of nitrogens with two attached hydrogens (primary N) is 2. The second-order valence-corrected chi connectivity index (χ2v) is 9.07. The van der Waals surface area contributed by atoms with Crippen LogP contribution in [-0.4, -0.2) is 17.3 Å². The minimum atomic E-state index is -0.0518. The number of hydrogen-bond acceptors (Lipinski definition) is 3. The number of phenolic OH excluding ortho intramolecular Hbond substituents is 1. The van der Waals surface area contributed by atoms with Crippen LogP contribution in [0.3, 0.4) is 0 Å². The number of guanidine groups is 1. The first-order valence-corrected chi connectivity index (χ1v) is 10.8. The zero-order valence-corrected chi connectivity index (χ0v) is 17.0.